The van der Waals surface area contributed by atoms with Gasteiger partial charge in [0.15, 0.2) is 5.11 Å². The molecule has 0 atom stereocenters. The van der Waals surface area contributed by atoms with Crippen LogP contribution in [-0.2, 0) is 0 Å². The van der Waals surface area contributed by atoms with Gasteiger partial charge >= 0.3 is 0 Å². The Kier molecular flexibility index (Phi) is 7.97. The van der Waals surface area contributed by atoms with Crippen LogP contribution in [0.3, 0.4) is 0 Å². The van der Waals surface area contributed by atoms with Crippen molar-refractivity contribution in [1.29, 1.82) is 0 Å². The van der Waals surface area contributed by atoms with Crippen LogP contribution in [0.2, 0.25) is 0 Å². The van der Waals surface area contributed by atoms with Crippen molar-refractivity contribution in [2.75, 3.05) is 13.7 Å². The lowest BCUT2D eigenvalue weighted by atomic mass is 10.2. The third kappa shape index (κ3) is 6.07. The molecule has 0 heterocycles. The molecular formula is C19H18BrN3O4S. The average Bonchev–Trinajstić information content (AvgIpc) is 2.70. The standard InChI is InChI=1S/C19H18BrN3O4S/c1-3-10-27-14-7-4-12(5-8-14)18(25)22-23-19(28)21-17(24)13-6-9-16(26-2)15(20)11-13/h3-9,11H,1,10H2,2H3,(H,22,25)(H2,21,23,24,28). The Morgan fingerprint density at radius 2 is 1.79 bits per heavy atom. The number of rotatable bonds is 6. The first-order chi connectivity index (χ1) is 13.4. The van der Waals surface area contributed by atoms with Crippen LogP contribution < -0.4 is 25.6 Å². The van der Waals surface area contributed by atoms with E-state index in [1.807, 2.05) is 0 Å². The first kappa shape index (κ1) is 21.4. The van der Waals surface area contributed by atoms with Gasteiger partial charge in [0.05, 0.1) is 11.6 Å². The summed E-state index contributed by atoms with van der Waals surface area (Å²) in [6.07, 6.45) is 1.63. The third-order valence-corrected chi connectivity index (χ3v) is 4.24. The number of thiocarbonyl (C=S) groups is 1. The summed E-state index contributed by atoms with van der Waals surface area (Å²) >= 11 is 8.34. The Bertz CT molecular complexity index is 887. The SMILES string of the molecule is C=CCOc1ccc(C(=O)NNC(=S)NC(=O)c2ccc(OC)c(Br)c2)cc1. The zero-order valence-corrected chi connectivity index (χ0v) is 17.4. The molecule has 0 spiro atoms. The maximum Gasteiger partial charge on any atom is 0.269 e. The lowest BCUT2D eigenvalue weighted by Crippen LogP contribution is -2.48. The predicted octanol–water partition coefficient (Wildman–Crippen LogP) is 2.97. The summed E-state index contributed by atoms with van der Waals surface area (Å²) in [7, 11) is 1.53. The number of carbonyl (C=O) groups excluding carboxylic acids is 2. The monoisotopic (exact) mass is 463 g/mol. The van der Waals surface area contributed by atoms with E-state index in [1.165, 1.54) is 7.11 Å². The van der Waals surface area contributed by atoms with Gasteiger partial charge in [-0.25, -0.2) is 0 Å². The van der Waals surface area contributed by atoms with Crippen LogP contribution in [0.4, 0.5) is 0 Å². The molecule has 0 aliphatic heterocycles. The highest BCUT2D eigenvalue weighted by Crippen LogP contribution is 2.25. The first-order valence-electron chi connectivity index (χ1n) is 8.03. The van der Waals surface area contributed by atoms with Crippen molar-refractivity contribution < 1.29 is 19.1 Å². The summed E-state index contributed by atoms with van der Waals surface area (Å²) in [5, 5.41) is 2.43. The maximum absolute atomic E-state index is 12.2. The number of benzene rings is 2. The minimum Gasteiger partial charge on any atom is -0.496 e. The number of nitrogens with one attached hydrogen (secondary N) is 3. The molecule has 0 radical (unpaired) electrons. The topological polar surface area (TPSA) is 88.7 Å². The molecule has 0 bridgehead atoms. The zero-order valence-electron chi connectivity index (χ0n) is 15.0. The van der Waals surface area contributed by atoms with Crippen LogP contribution in [0.5, 0.6) is 11.5 Å². The fourth-order valence-electron chi connectivity index (χ4n) is 2.06. The minimum absolute atomic E-state index is 0.0452. The molecule has 2 amide bonds. The van der Waals surface area contributed by atoms with Gasteiger partial charge in [-0.2, -0.15) is 0 Å². The van der Waals surface area contributed by atoms with Gasteiger partial charge in [0, 0.05) is 11.1 Å². The van der Waals surface area contributed by atoms with Crippen LogP contribution >= 0.6 is 28.1 Å². The predicted molar refractivity (Wildman–Crippen MR) is 113 cm³/mol. The van der Waals surface area contributed by atoms with E-state index in [0.717, 1.165) is 0 Å². The summed E-state index contributed by atoms with van der Waals surface area (Å²) in [6, 6.07) is 11.4. The molecule has 28 heavy (non-hydrogen) atoms. The van der Waals surface area contributed by atoms with Gasteiger partial charge in [-0.15, -0.1) is 0 Å². The number of ether oxygens (including phenoxy) is 2. The summed E-state index contributed by atoms with van der Waals surface area (Å²) in [4.78, 5) is 24.3. The molecule has 2 aromatic carbocycles. The third-order valence-electron chi connectivity index (χ3n) is 3.41. The highest BCUT2D eigenvalue weighted by atomic mass is 79.9. The molecule has 0 fully saturated rings. The molecule has 0 saturated carbocycles. The number of hydrazine groups is 1. The Morgan fingerprint density at radius 3 is 2.39 bits per heavy atom. The van der Waals surface area contributed by atoms with Gasteiger partial charge in [-0.3, -0.25) is 25.8 Å². The first-order valence-corrected chi connectivity index (χ1v) is 9.23. The fourth-order valence-corrected chi connectivity index (χ4v) is 2.74. The van der Waals surface area contributed by atoms with E-state index in [0.29, 0.717) is 33.7 Å². The molecular weight excluding hydrogens is 446 g/mol. The molecule has 9 heteroatoms. The van der Waals surface area contributed by atoms with Gasteiger partial charge in [0.1, 0.15) is 18.1 Å². The van der Waals surface area contributed by atoms with Gasteiger partial charge < -0.3 is 9.47 Å². The number of carbonyl (C=O) groups is 2. The lowest BCUT2D eigenvalue weighted by Gasteiger charge is -2.12. The van der Waals surface area contributed by atoms with E-state index in [-0.39, 0.29) is 5.11 Å². The molecule has 3 N–H and O–H groups in total. The minimum atomic E-state index is -0.432. The van der Waals surface area contributed by atoms with Gasteiger partial charge in [0.25, 0.3) is 11.8 Å². The largest absolute Gasteiger partial charge is 0.496 e. The van der Waals surface area contributed by atoms with Crippen molar-refractivity contribution in [2.45, 2.75) is 0 Å². The molecule has 0 unspecified atom stereocenters. The number of hydrogen-bond donors (Lipinski definition) is 3. The number of methoxy groups -OCH3 is 1. The van der Waals surface area contributed by atoms with E-state index >= 15 is 0 Å². The number of amides is 2. The van der Waals surface area contributed by atoms with Crippen molar-refractivity contribution in [3.8, 4) is 11.5 Å². The van der Waals surface area contributed by atoms with Crippen LogP contribution in [-0.4, -0.2) is 30.6 Å². The molecule has 0 aliphatic carbocycles. The second-order valence-electron chi connectivity index (χ2n) is 5.34. The van der Waals surface area contributed by atoms with Crippen LogP contribution in [0.1, 0.15) is 20.7 Å². The molecule has 0 aromatic heterocycles. The fraction of sp³-hybridized carbons (Fsp3) is 0.105. The Balaban J connectivity index is 1.85. The van der Waals surface area contributed by atoms with Gasteiger partial charge in [-0.1, -0.05) is 12.7 Å². The molecule has 0 aliphatic rings. The normalized spacial score (nSPS) is 9.79. The molecule has 2 rings (SSSR count). The zero-order chi connectivity index (χ0) is 20.5. The Morgan fingerprint density at radius 1 is 1.11 bits per heavy atom. The van der Waals surface area contributed by atoms with Crippen LogP contribution in [0.25, 0.3) is 0 Å². The van der Waals surface area contributed by atoms with Crippen molar-refractivity contribution in [3.63, 3.8) is 0 Å². The summed E-state index contributed by atoms with van der Waals surface area (Å²) in [5.41, 5.74) is 5.67. The van der Waals surface area contributed by atoms with E-state index < -0.39 is 11.8 Å². The summed E-state index contributed by atoms with van der Waals surface area (Å²) in [6.45, 7) is 3.95. The van der Waals surface area contributed by atoms with E-state index in [2.05, 4.69) is 38.7 Å². The van der Waals surface area contributed by atoms with E-state index in [9.17, 15) is 9.59 Å². The number of halogens is 1. The van der Waals surface area contributed by atoms with Crippen molar-refractivity contribution in [2.24, 2.45) is 0 Å². The molecule has 2 aromatic rings. The van der Waals surface area contributed by atoms with Crippen LogP contribution in [0.15, 0.2) is 59.6 Å². The van der Waals surface area contributed by atoms with Crippen molar-refractivity contribution in [1.82, 2.24) is 16.2 Å². The molecule has 146 valence electrons. The van der Waals surface area contributed by atoms with Gasteiger partial charge in [-0.05, 0) is 70.6 Å². The molecule has 0 saturated heterocycles. The highest BCUT2D eigenvalue weighted by Gasteiger charge is 2.11. The number of hydrogen-bond acceptors (Lipinski definition) is 5. The molecule has 7 nitrogen and oxygen atoms in total. The highest BCUT2D eigenvalue weighted by molar-refractivity contribution is 9.10. The Hall–Kier alpha value is -2.91. The van der Waals surface area contributed by atoms with Crippen molar-refractivity contribution >= 4 is 45.1 Å². The van der Waals surface area contributed by atoms with Gasteiger partial charge in [0.2, 0.25) is 0 Å². The van der Waals surface area contributed by atoms with Crippen LogP contribution in [0, 0.1) is 0 Å². The maximum atomic E-state index is 12.2. The Labute approximate surface area is 176 Å². The lowest BCUT2D eigenvalue weighted by molar-refractivity contribution is 0.0934. The van der Waals surface area contributed by atoms with E-state index in [4.69, 9.17) is 21.7 Å². The summed E-state index contributed by atoms with van der Waals surface area (Å²) < 4.78 is 11.1. The van der Waals surface area contributed by atoms with Crippen molar-refractivity contribution in [3.05, 3.63) is 70.7 Å². The summed E-state index contributed by atoms with van der Waals surface area (Å²) in [5.74, 6) is 0.376. The quantitative estimate of drug-likeness (QED) is 0.346. The average molecular weight is 464 g/mol. The second-order valence-corrected chi connectivity index (χ2v) is 6.60. The smallest absolute Gasteiger partial charge is 0.269 e. The second kappa shape index (κ2) is 10.4. The van der Waals surface area contributed by atoms with E-state index in [1.54, 1.807) is 48.5 Å².